The van der Waals surface area contributed by atoms with Crippen molar-refractivity contribution < 1.29 is 9.59 Å². The van der Waals surface area contributed by atoms with Crippen molar-refractivity contribution in [2.75, 3.05) is 13.1 Å². The van der Waals surface area contributed by atoms with E-state index in [1.54, 1.807) is 0 Å². The number of nitrogens with zero attached hydrogens (tertiary/aromatic N) is 3. The quantitative estimate of drug-likeness (QED) is 0.847. The Labute approximate surface area is 157 Å². The number of carbonyl (C=O) groups excluding carboxylic acids is 2. The van der Waals surface area contributed by atoms with E-state index in [1.165, 1.54) is 10.7 Å². The van der Waals surface area contributed by atoms with Gasteiger partial charge in [-0.05, 0) is 37.9 Å². The van der Waals surface area contributed by atoms with E-state index < -0.39 is 5.91 Å². The van der Waals surface area contributed by atoms with Crippen molar-refractivity contribution in [2.24, 2.45) is 5.73 Å². The number of hydrogen-bond acceptors (Lipinski definition) is 4. The number of benzene rings is 1. The highest BCUT2D eigenvalue weighted by atomic mass is 35.5. The Morgan fingerprint density at radius 1 is 1.12 bits per heavy atom. The van der Waals surface area contributed by atoms with Crippen LogP contribution in [-0.2, 0) is 0 Å². The van der Waals surface area contributed by atoms with Crippen LogP contribution in [-0.4, -0.2) is 51.7 Å². The van der Waals surface area contributed by atoms with Crippen molar-refractivity contribution >= 4 is 24.2 Å². The highest BCUT2D eigenvalue weighted by molar-refractivity contribution is 5.98. The van der Waals surface area contributed by atoms with Crippen LogP contribution in [0.1, 0.15) is 40.2 Å². The smallest absolute Gasteiger partial charge is 0.274 e. The molecular formula is C18H22ClN5O2. The van der Waals surface area contributed by atoms with Gasteiger partial charge in [0.2, 0.25) is 0 Å². The van der Waals surface area contributed by atoms with E-state index in [-0.39, 0.29) is 41.8 Å². The van der Waals surface area contributed by atoms with Gasteiger partial charge in [-0.3, -0.25) is 9.59 Å². The molecule has 2 aromatic rings. The number of fused-ring (bicyclic) bond motifs is 2. The molecule has 2 atom stereocenters. The van der Waals surface area contributed by atoms with E-state index >= 15 is 0 Å². The van der Waals surface area contributed by atoms with Gasteiger partial charge in [0.25, 0.3) is 11.8 Å². The van der Waals surface area contributed by atoms with Crippen molar-refractivity contribution in [3.8, 4) is 5.69 Å². The van der Waals surface area contributed by atoms with Crippen molar-refractivity contribution in [1.29, 1.82) is 0 Å². The number of carbonyl (C=O) groups is 2. The van der Waals surface area contributed by atoms with Crippen LogP contribution in [0.5, 0.6) is 0 Å². The number of aromatic nitrogens is 2. The monoisotopic (exact) mass is 375 g/mol. The van der Waals surface area contributed by atoms with Crippen molar-refractivity contribution in [1.82, 2.24) is 20.0 Å². The first-order valence-electron chi connectivity index (χ1n) is 8.64. The maximum atomic E-state index is 13.1. The summed E-state index contributed by atoms with van der Waals surface area (Å²) in [4.78, 5) is 26.9. The Morgan fingerprint density at radius 2 is 1.85 bits per heavy atom. The second-order valence-electron chi connectivity index (χ2n) is 6.62. The minimum Gasteiger partial charge on any atom is -0.364 e. The lowest BCUT2D eigenvalue weighted by atomic mass is 10.1. The van der Waals surface area contributed by atoms with E-state index in [0.29, 0.717) is 5.69 Å². The molecule has 0 aliphatic carbocycles. The molecule has 2 aliphatic heterocycles. The summed E-state index contributed by atoms with van der Waals surface area (Å²) in [7, 11) is 0. The van der Waals surface area contributed by atoms with E-state index in [2.05, 4.69) is 10.4 Å². The molecule has 3 heterocycles. The van der Waals surface area contributed by atoms with E-state index in [0.717, 1.165) is 32.4 Å². The number of para-hydroxylation sites is 1. The first kappa shape index (κ1) is 18.4. The molecule has 3 N–H and O–H groups in total. The molecule has 26 heavy (non-hydrogen) atoms. The van der Waals surface area contributed by atoms with Crippen LogP contribution < -0.4 is 11.1 Å². The second kappa shape index (κ2) is 7.47. The molecule has 2 saturated heterocycles. The Morgan fingerprint density at radius 3 is 2.58 bits per heavy atom. The van der Waals surface area contributed by atoms with Crippen LogP contribution in [0.3, 0.4) is 0 Å². The fourth-order valence-corrected chi connectivity index (χ4v) is 3.87. The topological polar surface area (TPSA) is 93.2 Å². The normalized spacial score (nSPS) is 21.8. The summed E-state index contributed by atoms with van der Waals surface area (Å²) in [6, 6.07) is 11.2. The van der Waals surface area contributed by atoms with Gasteiger partial charge in [-0.15, -0.1) is 12.4 Å². The molecule has 138 valence electrons. The van der Waals surface area contributed by atoms with Gasteiger partial charge in [-0.2, -0.15) is 5.10 Å². The van der Waals surface area contributed by atoms with Crippen LogP contribution in [0.25, 0.3) is 5.69 Å². The molecule has 0 spiro atoms. The molecule has 7 nitrogen and oxygen atoms in total. The maximum absolute atomic E-state index is 13.1. The Bertz CT molecular complexity index is 793. The minimum absolute atomic E-state index is 0. The zero-order valence-corrected chi connectivity index (χ0v) is 15.1. The number of rotatable bonds is 3. The summed E-state index contributed by atoms with van der Waals surface area (Å²) in [6.07, 6.45) is 2.98. The van der Waals surface area contributed by atoms with Crippen LogP contribution in [0.4, 0.5) is 0 Å². The summed E-state index contributed by atoms with van der Waals surface area (Å²) in [5, 5.41) is 7.79. The van der Waals surface area contributed by atoms with Gasteiger partial charge in [-0.1, -0.05) is 18.2 Å². The summed E-state index contributed by atoms with van der Waals surface area (Å²) in [5.41, 5.74) is 6.70. The van der Waals surface area contributed by atoms with Gasteiger partial charge in [-0.25, -0.2) is 4.68 Å². The van der Waals surface area contributed by atoms with Crippen LogP contribution in [0.2, 0.25) is 0 Å². The van der Waals surface area contributed by atoms with Gasteiger partial charge >= 0.3 is 0 Å². The highest BCUT2D eigenvalue weighted by Gasteiger charge is 2.39. The molecule has 8 heteroatoms. The van der Waals surface area contributed by atoms with Gasteiger partial charge in [0.1, 0.15) is 5.69 Å². The third-order valence-electron chi connectivity index (χ3n) is 5.07. The zero-order chi connectivity index (χ0) is 17.4. The molecular weight excluding hydrogens is 354 g/mol. The molecule has 2 aliphatic rings. The average Bonchev–Trinajstić information content (AvgIpc) is 3.16. The molecule has 4 rings (SSSR count). The molecule has 2 bridgehead atoms. The summed E-state index contributed by atoms with van der Waals surface area (Å²) in [6.45, 7) is 1.74. The Hall–Kier alpha value is -2.38. The summed E-state index contributed by atoms with van der Waals surface area (Å²) >= 11 is 0. The second-order valence-corrected chi connectivity index (χ2v) is 6.62. The first-order valence-corrected chi connectivity index (χ1v) is 8.64. The largest absolute Gasteiger partial charge is 0.364 e. The van der Waals surface area contributed by atoms with Gasteiger partial charge in [0, 0.05) is 24.7 Å². The number of primary amides is 1. The lowest BCUT2D eigenvalue weighted by Gasteiger charge is -2.27. The molecule has 0 saturated carbocycles. The predicted octanol–water partition coefficient (Wildman–Crippen LogP) is 1.36. The lowest BCUT2D eigenvalue weighted by Crippen LogP contribution is -2.42. The molecule has 1 aromatic heterocycles. The Kier molecular flexibility index (Phi) is 5.29. The van der Waals surface area contributed by atoms with E-state index in [9.17, 15) is 9.59 Å². The number of nitrogens with one attached hydrogen (secondary N) is 1. The van der Waals surface area contributed by atoms with Gasteiger partial charge < -0.3 is 16.0 Å². The molecule has 1 aromatic carbocycles. The fourth-order valence-electron chi connectivity index (χ4n) is 3.87. The molecule has 2 amide bonds. The van der Waals surface area contributed by atoms with Crippen molar-refractivity contribution in [3.63, 3.8) is 0 Å². The highest BCUT2D eigenvalue weighted by Crippen LogP contribution is 2.29. The minimum atomic E-state index is -0.601. The van der Waals surface area contributed by atoms with Gasteiger partial charge in [0.05, 0.1) is 5.69 Å². The van der Waals surface area contributed by atoms with E-state index in [1.807, 2.05) is 35.2 Å². The van der Waals surface area contributed by atoms with Crippen molar-refractivity contribution in [2.45, 2.75) is 31.3 Å². The lowest BCUT2D eigenvalue weighted by molar-refractivity contribution is 0.0673. The SMILES string of the molecule is Cl.NC(=O)c1cc(C(=O)N2C3CCNCC2CC3)nn1-c1ccccc1. The molecule has 2 unspecified atom stereocenters. The standard InChI is InChI=1S/C18H21N5O2.ClH/c19-17(24)16-10-15(21-23(16)13-4-2-1-3-5-13)18(25)22-12-6-7-14(22)11-20-9-8-12;/h1-5,10,12,14,20H,6-9,11H2,(H2,19,24);1H. The van der Waals surface area contributed by atoms with Crippen molar-refractivity contribution in [3.05, 3.63) is 47.8 Å². The third kappa shape index (κ3) is 3.20. The molecule has 2 fully saturated rings. The first-order chi connectivity index (χ1) is 12.1. The Balaban J connectivity index is 0.00000196. The number of halogens is 1. The number of nitrogens with two attached hydrogens (primary N) is 1. The fraction of sp³-hybridized carbons (Fsp3) is 0.389. The summed E-state index contributed by atoms with van der Waals surface area (Å²) < 4.78 is 1.45. The molecule has 0 radical (unpaired) electrons. The maximum Gasteiger partial charge on any atom is 0.274 e. The van der Waals surface area contributed by atoms with Gasteiger partial charge in [0.15, 0.2) is 5.69 Å². The van der Waals surface area contributed by atoms with E-state index in [4.69, 9.17) is 5.73 Å². The number of hydrogen-bond donors (Lipinski definition) is 2. The average molecular weight is 376 g/mol. The third-order valence-corrected chi connectivity index (χ3v) is 5.07. The van der Waals surface area contributed by atoms with Crippen LogP contribution in [0.15, 0.2) is 36.4 Å². The predicted molar refractivity (Wildman–Crippen MR) is 99.8 cm³/mol. The number of amides is 2. The summed E-state index contributed by atoms with van der Waals surface area (Å²) in [5.74, 6) is -0.718. The van der Waals surface area contributed by atoms with Crippen LogP contribution in [0, 0.1) is 0 Å². The zero-order valence-electron chi connectivity index (χ0n) is 14.3. The van der Waals surface area contributed by atoms with Crippen LogP contribution >= 0.6 is 12.4 Å².